The van der Waals surface area contributed by atoms with Crippen molar-refractivity contribution in [1.82, 2.24) is 5.32 Å². The third-order valence-electron chi connectivity index (χ3n) is 3.18. The van der Waals surface area contributed by atoms with Gasteiger partial charge in [-0.05, 0) is 43.8 Å². The summed E-state index contributed by atoms with van der Waals surface area (Å²) in [7, 11) is 2.07. The van der Waals surface area contributed by atoms with Gasteiger partial charge in [0, 0.05) is 14.3 Å². The Morgan fingerprint density at radius 2 is 2.31 bits per heavy atom. The predicted octanol–water partition coefficient (Wildman–Crippen LogP) is 4.33. The minimum atomic E-state index is 0.451. The summed E-state index contributed by atoms with van der Waals surface area (Å²) in [6, 6.07) is 5.03. The first-order valence-corrected chi connectivity index (χ1v) is 7.41. The molecule has 0 bridgehead atoms. The number of hydrogen-bond acceptors (Lipinski definition) is 3. The molecule has 3 rings (SSSR count). The van der Waals surface area contributed by atoms with Crippen molar-refractivity contribution in [2.24, 2.45) is 0 Å². The monoisotopic (exact) mass is 249 g/mol. The zero-order valence-electron chi connectivity index (χ0n) is 9.32. The van der Waals surface area contributed by atoms with Gasteiger partial charge in [-0.15, -0.1) is 22.7 Å². The second kappa shape index (κ2) is 4.32. The summed E-state index contributed by atoms with van der Waals surface area (Å²) in [5, 5.41) is 5.63. The third kappa shape index (κ3) is 1.73. The summed E-state index contributed by atoms with van der Waals surface area (Å²) in [4.78, 5) is 1.47. The van der Waals surface area contributed by atoms with Crippen LogP contribution in [0.2, 0.25) is 0 Å². The van der Waals surface area contributed by atoms with E-state index in [4.69, 9.17) is 0 Å². The highest BCUT2D eigenvalue weighted by Gasteiger charge is 2.19. The van der Waals surface area contributed by atoms with Gasteiger partial charge in [-0.1, -0.05) is 11.6 Å². The summed E-state index contributed by atoms with van der Waals surface area (Å²) in [6.45, 7) is 0. The minimum absolute atomic E-state index is 0.451. The lowest BCUT2D eigenvalue weighted by atomic mass is 10.1. The van der Waals surface area contributed by atoms with Crippen molar-refractivity contribution in [3.05, 3.63) is 34.0 Å². The van der Waals surface area contributed by atoms with Crippen molar-refractivity contribution in [3.63, 3.8) is 0 Å². The van der Waals surface area contributed by atoms with Crippen molar-refractivity contribution in [2.75, 3.05) is 7.05 Å². The van der Waals surface area contributed by atoms with Crippen LogP contribution in [0, 0.1) is 0 Å². The number of fused-ring (bicyclic) bond motifs is 1. The molecule has 1 N–H and O–H groups in total. The van der Waals surface area contributed by atoms with Crippen LogP contribution in [-0.2, 0) is 0 Å². The Labute approximate surface area is 104 Å². The Kier molecular flexibility index (Phi) is 2.84. The Hall–Kier alpha value is -0.640. The molecule has 1 aliphatic rings. The van der Waals surface area contributed by atoms with Crippen LogP contribution in [0.5, 0.6) is 0 Å². The van der Waals surface area contributed by atoms with Gasteiger partial charge in [0.15, 0.2) is 0 Å². The van der Waals surface area contributed by atoms with E-state index < -0.39 is 0 Å². The number of nitrogens with one attached hydrogen (secondary N) is 1. The Morgan fingerprint density at radius 1 is 1.38 bits per heavy atom. The summed E-state index contributed by atoms with van der Waals surface area (Å²) >= 11 is 3.77. The van der Waals surface area contributed by atoms with Crippen LogP contribution in [-0.4, -0.2) is 7.05 Å². The predicted molar refractivity (Wildman–Crippen MR) is 73.4 cm³/mol. The number of hydrogen-bond donors (Lipinski definition) is 1. The van der Waals surface area contributed by atoms with Gasteiger partial charge >= 0.3 is 0 Å². The summed E-state index contributed by atoms with van der Waals surface area (Å²) in [5.74, 6) is 0. The van der Waals surface area contributed by atoms with E-state index in [1.54, 1.807) is 5.57 Å². The molecule has 0 aromatic carbocycles. The van der Waals surface area contributed by atoms with E-state index in [1.807, 2.05) is 22.7 Å². The molecule has 0 amide bonds. The van der Waals surface area contributed by atoms with E-state index in [2.05, 4.69) is 36.0 Å². The molecule has 0 spiro atoms. The van der Waals surface area contributed by atoms with Gasteiger partial charge in [0.1, 0.15) is 0 Å². The Balaban J connectivity index is 1.97. The maximum Gasteiger partial charge on any atom is 0.0628 e. The van der Waals surface area contributed by atoms with Crippen molar-refractivity contribution in [1.29, 1.82) is 0 Å². The lowest BCUT2D eigenvalue weighted by Gasteiger charge is -2.15. The van der Waals surface area contributed by atoms with Gasteiger partial charge in [-0.25, -0.2) is 0 Å². The van der Waals surface area contributed by atoms with Crippen LogP contribution in [0.4, 0.5) is 0 Å². The maximum atomic E-state index is 3.46. The molecule has 2 heterocycles. The lowest BCUT2D eigenvalue weighted by molar-refractivity contribution is 0.666. The fourth-order valence-electron chi connectivity index (χ4n) is 2.39. The molecule has 1 unspecified atom stereocenters. The second-order valence-electron chi connectivity index (χ2n) is 4.19. The maximum absolute atomic E-state index is 3.46. The Morgan fingerprint density at radius 3 is 3.00 bits per heavy atom. The molecule has 3 heteroatoms. The summed E-state index contributed by atoms with van der Waals surface area (Å²) < 4.78 is 2.86. The third-order valence-corrected chi connectivity index (χ3v) is 5.34. The molecule has 0 saturated heterocycles. The van der Waals surface area contributed by atoms with E-state index in [0.29, 0.717) is 6.04 Å². The van der Waals surface area contributed by atoms with Crippen LogP contribution in [0.25, 0.3) is 9.40 Å². The molecular weight excluding hydrogens is 234 g/mol. The average Bonchev–Trinajstić information content (AvgIpc) is 2.91. The topological polar surface area (TPSA) is 12.0 Å². The van der Waals surface area contributed by atoms with Crippen molar-refractivity contribution >= 4 is 32.1 Å². The molecule has 0 radical (unpaired) electrons. The summed E-state index contributed by atoms with van der Waals surface area (Å²) in [6.07, 6.45) is 6.26. The zero-order chi connectivity index (χ0) is 11.0. The van der Waals surface area contributed by atoms with Crippen LogP contribution in [0.15, 0.2) is 29.2 Å². The number of thiophene rings is 2. The van der Waals surface area contributed by atoms with Crippen LogP contribution < -0.4 is 5.32 Å². The standard InChI is InChI=1S/C13H15NS2/c1-14-13(9-4-2-3-5-9)12-8-11-10(16-12)6-7-15-11/h4,6-8,13-14H,2-3,5H2,1H3. The van der Waals surface area contributed by atoms with Gasteiger partial charge in [-0.3, -0.25) is 0 Å². The van der Waals surface area contributed by atoms with E-state index in [-0.39, 0.29) is 0 Å². The van der Waals surface area contributed by atoms with Gasteiger partial charge < -0.3 is 5.32 Å². The Bertz CT molecular complexity index is 492. The van der Waals surface area contributed by atoms with Gasteiger partial charge in [0.25, 0.3) is 0 Å². The first kappa shape index (κ1) is 10.5. The highest BCUT2D eigenvalue weighted by Crippen LogP contribution is 2.38. The van der Waals surface area contributed by atoms with Crippen molar-refractivity contribution in [3.8, 4) is 0 Å². The number of likely N-dealkylation sites (N-methyl/N-ethyl adjacent to an activating group) is 1. The highest BCUT2D eigenvalue weighted by molar-refractivity contribution is 7.27. The molecule has 1 atom stereocenters. The lowest BCUT2D eigenvalue weighted by Crippen LogP contribution is -2.16. The molecule has 1 aliphatic carbocycles. The van der Waals surface area contributed by atoms with E-state index in [9.17, 15) is 0 Å². The second-order valence-corrected chi connectivity index (χ2v) is 6.25. The van der Waals surface area contributed by atoms with Gasteiger partial charge in [0.05, 0.1) is 6.04 Å². The largest absolute Gasteiger partial charge is 0.309 e. The number of allylic oxidation sites excluding steroid dienone is 1. The fourth-order valence-corrected chi connectivity index (χ4v) is 4.67. The van der Waals surface area contributed by atoms with Gasteiger partial charge in [0.2, 0.25) is 0 Å². The van der Waals surface area contributed by atoms with Crippen LogP contribution >= 0.6 is 22.7 Å². The average molecular weight is 249 g/mol. The first-order valence-electron chi connectivity index (χ1n) is 5.71. The smallest absolute Gasteiger partial charge is 0.0628 e. The molecule has 0 fully saturated rings. The number of rotatable bonds is 3. The molecule has 2 aromatic rings. The van der Waals surface area contributed by atoms with Crippen molar-refractivity contribution in [2.45, 2.75) is 25.3 Å². The van der Waals surface area contributed by atoms with E-state index >= 15 is 0 Å². The fraction of sp³-hybridized carbons (Fsp3) is 0.385. The SMILES string of the molecule is CNC(C1=CCCC1)c1cc2sccc2s1. The van der Waals surface area contributed by atoms with Crippen LogP contribution in [0.1, 0.15) is 30.2 Å². The molecule has 0 aliphatic heterocycles. The minimum Gasteiger partial charge on any atom is -0.309 e. The first-order chi connectivity index (χ1) is 7.88. The van der Waals surface area contributed by atoms with E-state index in [1.165, 1.54) is 33.5 Å². The molecular formula is C13H15NS2. The quantitative estimate of drug-likeness (QED) is 0.798. The van der Waals surface area contributed by atoms with Crippen molar-refractivity contribution < 1.29 is 0 Å². The molecule has 16 heavy (non-hydrogen) atoms. The van der Waals surface area contributed by atoms with Gasteiger partial charge in [-0.2, -0.15) is 0 Å². The molecule has 0 saturated carbocycles. The van der Waals surface area contributed by atoms with Crippen LogP contribution in [0.3, 0.4) is 0 Å². The highest BCUT2D eigenvalue weighted by atomic mass is 32.1. The summed E-state index contributed by atoms with van der Waals surface area (Å²) in [5.41, 5.74) is 1.58. The molecule has 84 valence electrons. The molecule has 2 aromatic heterocycles. The normalized spacial score (nSPS) is 17.9. The molecule has 1 nitrogen and oxygen atoms in total. The van der Waals surface area contributed by atoms with E-state index in [0.717, 1.165) is 0 Å². The zero-order valence-corrected chi connectivity index (χ0v) is 11.0.